The van der Waals surface area contributed by atoms with E-state index >= 15 is 0 Å². The van der Waals surface area contributed by atoms with Crippen molar-refractivity contribution in [1.29, 1.82) is 0 Å². The van der Waals surface area contributed by atoms with Crippen LogP contribution in [0.3, 0.4) is 0 Å². The Labute approximate surface area is 125 Å². The smallest absolute Gasteiger partial charge is 0.0950 e. The molecule has 0 aliphatic rings. The van der Waals surface area contributed by atoms with E-state index < -0.39 is 0 Å². The fraction of sp³-hybridized carbons (Fsp3) is 0.500. The van der Waals surface area contributed by atoms with Gasteiger partial charge in [-0.2, -0.15) is 0 Å². The van der Waals surface area contributed by atoms with Gasteiger partial charge < -0.3 is 5.32 Å². The molecule has 1 unspecified atom stereocenters. The normalized spacial score (nSPS) is 12.6. The van der Waals surface area contributed by atoms with Crippen molar-refractivity contribution in [3.8, 4) is 0 Å². The zero-order valence-corrected chi connectivity index (χ0v) is 13.5. The zero-order chi connectivity index (χ0) is 14.5. The Bertz CT molecular complexity index is 543. The monoisotopic (exact) mass is 289 g/mol. The molecule has 4 heteroatoms. The second-order valence-electron chi connectivity index (χ2n) is 5.16. The lowest BCUT2D eigenvalue weighted by atomic mass is 10.1. The molecule has 2 heterocycles. The summed E-state index contributed by atoms with van der Waals surface area (Å²) in [6, 6.07) is 6.47. The lowest BCUT2D eigenvalue weighted by Crippen LogP contribution is -2.25. The van der Waals surface area contributed by atoms with E-state index in [-0.39, 0.29) is 6.04 Å². The number of pyridine rings is 1. The fourth-order valence-corrected chi connectivity index (χ4v) is 3.14. The molecular formula is C16H23N3S. The van der Waals surface area contributed by atoms with E-state index in [1.54, 1.807) is 11.3 Å². The molecule has 2 rings (SSSR count). The molecule has 2 aromatic rings. The van der Waals surface area contributed by atoms with Crippen LogP contribution in [0.5, 0.6) is 0 Å². The summed E-state index contributed by atoms with van der Waals surface area (Å²) in [4.78, 5) is 10.6. The first-order valence-corrected chi connectivity index (χ1v) is 8.01. The maximum absolute atomic E-state index is 4.67. The number of aryl methyl sites for hydroxylation is 3. The first-order chi connectivity index (χ1) is 9.60. The van der Waals surface area contributed by atoms with Gasteiger partial charge in [0.05, 0.1) is 22.4 Å². The summed E-state index contributed by atoms with van der Waals surface area (Å²) in [5, 5.41) is 4.79. The molecule has 0 saturated carbocycles. The van der Waals surface area contributed by atoms with Crippen molar-refractivity contribution in [1.82, 2.24) is 15.3 Å². The third-order valence-electron chi connectivity index (χ3n) is 3.36. The van der Waals surface area contributed by atoms with Gasteiger partial charge in [0, 0.05) is 17.0 Å². The average molecular weight is 289 g/mol. The van der Waals surface area contributed by atoms with Gasteiger partial charge in [0.1, 0.15) is 0 Å². The Morgan fingerprint density at radius 1 is 1.20 bits per heavy atom. The molecule has 0 spiro atoms. The lowest BCUT2D eigenvalue weighted by Gasteiger charge is -2.17. The van der Waals surface area contributed by atoms with Crippen LogP contribution in [0, 0.1) is 20.8 Å². The molecule has 2 aromatic heterocycles. The molecule has 1 atom stereocenters. The van der Waals surface area contributed by atoms with Crippen molar-refractivity contribution in [2.24, 2.45) is 0 Å². The first kappa shape index (κ1) is 15.1. The van der Waals surface area contributed by atoms with Crippen LogP contribution < -0.4 is 5.32 Å². The van der Waals surface area contributed by atoms with E-state index in [0.717, 1.165) is 36.5 Å². The molecule has 0 bridgehead atoms. The van der Waals surface area contributed by atoms with Crippen LogP contribution in [-0.4, -0.2) is 16.5 Å². The molecule has 108 valence electrons. The minimum absolute atomic E-state index is 0.250. The average Bonchev–Trinajstić information content (AvgIpc) is 2.73. The highest BCUT2D eigenvalue weighted by Crippen LogP contribution is 2.23. The van der Waals surface area contributed by atoms with Crippen molar-refractivity contribution in [2.45, 2.75) is 46.6 Å². The SMILES string of the molecule is CCCNC(Cc1nc(C)c(C)s1)c1cccc(C)n1. The first-order valence-electron chi connectivity index (χ1n) is 7.20. The van der Waals surface area contributed by atoms with Gasteiger partial charge >= 0.3 is 0 Å². The quantitative estimate of drug-likeness (QED) is 0.880. The highest BCUT2D eigenvalue weighted by atomic mass is 32.1. The van der Waals surface area contributed by atoms with E-state index in [0.29, 0.717) is 0 Å². The standard InChI is InChI=1S/C16H23N3S/c1-5-9-17-15(14-8-6-7-11(2)18-14)10-16-19-12(3)13(4)20-16/h6-8,15,17H,5,9-10H2,1-4H3. The van der Waals surface area contributed by atoms with Crippen LogP contribution in [0.2, 0.25) is 0 Å². The summed E-state index contributed by atoms with van der Waals surface area (Å²) in [6.07, 6.45) is 2.04. The Hall–Kier alpha value is -1.26. The molecule has 0 amide bonds. The zero-order valence-electron chi connectivity index (χ0n) is 12.7. The fourth-order valence-electron chi connectivity index (χ4n) is 2.16. The Balaban J connectivity index is 2.18. The van der Waals surface area contributed by atoms with Crippen LogP contribution in [0.1, 0.15) is 46.4 Å². The van der Waals surface area contributed by atoms with Crippen molar-refractivity contribution < 1.29 is 0 Å². The summed E-state index contributed by atoms with van der Waals surface area (Å²) >= 11 is 1.80. The molecule has 1 N–H and O–H groups in total. The molecule has 0 aliphatic heterocycles. The van der Waals surface area contributed by atoms with Gasteiger partial charge in [-0.05, 0) is 45.9 Å². The Morgan fingerprint density at radius 3 is 2.60 bits per heavy atom. The van der Waals surface area contributed by atoms with E-state index in [1.807, 2.05) is 13.0 Å². The molecule has 20 heavy (non-hydrogen) atoms. The van der Waals surface area contributed by atoms with E-state index in [4.69, 9.17) is 0 Å². The Morgan fingerprint density at radius 2 is 2.00 bits per heavy atom. The van der Waals surface area contributed by atoms with Gasteiger partial charge in [0.2, 0.25) is 0 Å². The molecule has 0 aliphatic carbocycles. The minimum Gasteiger partial charge on any atom is -0.308 e. The maximum atomic E-state index is 4.67. The second-order valence-corrected chi connectivity index (χ2v) is 6.45. The predicted octanol–water partition coefficient (Wildman–Crippen LogP) is 3.75. The van der Waals surface area contributed by atoms with E-state index in [1.165, 1.54) is 9.88 Å². The van der Waals surface area contributed by atoms with Gasteiger partial charge in [-0.3, -0.25) is 4.98 Å². The number of aromatic nitrogens is 2. The highest BCUT2D eigenvalue weighted by molar-refractivity contribution is 7.11. The molecule has 0 saturated heterocycles. The van der Waals surface area contributed by atoms with Gasteiger partial charge in [0.25, 0.3) is 0 Å². The number of hydrogen-bond acceptors (Lipinski definition) is 4. The summed E-state index contributed by atoms with van der Waals surface area (Å²) < 4.78 is 0. The number of thiazole rings is 1. The molecular weight excluding hydrogens is 266 g/mol. The molecule has 3 nitrogen and oxygen atoms in total. The topological polar surface area (TPSA) is 37.8 Å². The van der Waals surface area contributed by atoms with E-state index in [2.05, 4.69) is 48.2 Å². The maximum Gasteiger partial charge on any atom is 0.0950 e. The summed E-state index contributed by atoms with van der Waals surface area (Å²) in [5.41, 5.74) is 3.33. The molecule has 0 radical (unpaired) electrons. The summed E-state index contributed by atoms with van der Waals surface area (Å²) in [7, 11) is 0. The number of nitrogens with one attached hydrogen (secondary N) is 1. The second kappa shape index (κ2) is 6.95. The largest absolute Gasteiger partial charge is 0.308 e. The number of hydrogen-bond donors (Lipinski definition) is 1. The molecule has 0 fully saturated rings. The van der Waals surface area contributed by atoms with Crippen LogP contribution >= 0.6 is 11.3 Å². The summed E-state index contributed by atoms with van der Waals surface area (Å²) in [6.45, 7) is 9.44. The van der Waals surface area contributed by atoms with Crippen LogP contribution in [0.4, 0.5) is 0 Å². The van der Waals surface area contributed by atoms with Gasteiger partial charge in [-0.1, -0.05) is 13.0 Å². The minimum atomic E-state index is 0.250. The van der Waals surface area contributed by atoms with E-state index in [9.17, 15) is 0 Å². The third kappa shape index (κ3) is 3.87. The van der Waals surface area contributed by atoms with Crippen molar-refractivity contribution in [3.05, 3.63) is 45.2 Å². The lowest BCUT2D eigenvalue weighted by molar-refractivity contribution is 0.516. The predicted molar refractivity (Wildman–Crippen MR) is 85.3 cm³/mol. The van der Waals surface area contributed by atoms with Crippen LogP contribution in [0.25, 0.3) is 0 Å². The van der Waals surface area contributed by atoms with Crippen LogP contribution in [0.15, 0.2) is 18.2 Å². The molecule has 0 aromatic carbocycles. The number of rotatable bonds is 6. The van der Waals surface area contributed by atoms with Gasteiger partial charge in [0.15, 0.2) is 0 Å². The van der Waals surface area contributed by atoms with Crippen LogP contribution in [-0.2, 0) is 6.42 Å². The summed E-state index contributed by atoms with van der Waals surface area (Å²) in [5.74, 6) is 0. The van der Waals surface area contributed by atoms with Gasteiger partial charge in [-0.25, -0.2) is 4.98 Å². The van der Waals surface area contributed by atoms with Crippen molar-refractivity contribution in [3.63, 3.8) is 0 Å². The number of nitrogens with zero attached hydrogens (tertiary/aromatic N) is 2. The van der Waals surface area contributed by atoms with Crippen molar-refractivity contribution in [2.75, 3.05) is 6.54 Å². The van der Waals surface area contributed by atoms with Crippen molar-refractivity contribution >= 4 is 11.3 Å². The third-order valence-corrected chi connectivity index (χ3v) is 4.45. The van der Waals surface area contributed by atoms with Gasteiger partial charge in [-0.15, -0.1) is 11.3 Å². The Kier molecular flexibility index (Phi) is 5.26. The highest BCUT2D eigenvalue weighted by Gasteiger charge is 2.16.